The van der Waals surface area contributed by atoms with E-state index in [-0.39, 0.29) is 12.8 Å². The molecular formula is C20H35N7O5S. The number of rotatable bonds is 16. The number of amides is 3. The monoisotopic (exact) mass is 485 g/mol. The molecule has 1 rings (SSSR count). The molecule has 9 N–H and O–H groups in total. The Morgan fingerprint density at radius 3 is 2.36 bits per heavy atom. The third-order valence-corrected chi connectivity index (χ3v) is 5.54. The van der Waals surface area contributed by atoms with Gasteiger partial charge in [0.15, 0.2) is 0 Å². The molecule has 0 aliphatic carbocycles. The SMILES string of the molecule is CSCCC(NC(=O)C(C)NC(=O)C(N)CCCCN)C(=O)NC(Cc1cnc[nH]1)C(=O)O. The smallest absolute Gasteiger partial charge is 0.326 e. The van der Waals surface area contributed by atoms with Crippen LogP contribution in [0.15, 0.2) is 12.5 Å². The normalized spacial score (nSPS) is 14.5. The first-order valence-corrected chi connectivity index (χ1v) is 12.1. The molecule has 1 heterocycles. The molecule has 0 aliphatic heterocycles. The second kappa shape index (κ2) is 15.2. The molecule has 12 nitrogen and oxygen atoms in total. The largest absolute Gasteiger partial charge is 0.480 e. The molecule has 0 aromatic carbocycles. The van der Waals surface area contributed by atoms with Gasteiger partial charge in [0.1, 0.15) is 18.1 Å². The van der Waals surface area contributed by atoms with Gasteiger partial charge in [-0.1, -0.05) is 6.42 Å². The number of H-pyrrole nitrogens is 1. The van der Waals surface area contributed by atoms with E-state index in [9.17, 15) is 24.3 Å². The van der Waals surface area contributed by atoms with Crippen molar-refractivity contribution in [3.63, 3.8) is 0 Å². The van der Waals surface area contributed by atoms with Crippen LogP contribution in [-0.2, 0) is 25.6 Å². The third-order valence-electron chi connectivity index (χ3n) is 4.90. The first-order chi connectivity index (χ1) is 15.7. The number of nitrogens with zero attached hydrogens (tertiary/aromatic N) is 1. The second-order valence-corrected chi connectivity index (χ2v) is 8.63. The number of aromatic nitrogens is 2. The van der Waals surface area contributed by atoms with E-state index in [2.05, 4.69) is 25.9 Å². The van der Waals surface area contributed by atoms with Crippen molar-refractivity contribution in [1.82, 2.24) is 25.9 Å². The lowest BCUT2D eigenvalue weighted by Crippen LogP contribution is -2.56. The quantitative estimate of drug-likeness (QED) is 0.139. The fraction of sp³-hybridized carbons (Fsp3) is 0.650. The van der Waals surface area contributed by atoms with Gasteiger partial charge in [0.05, 0.1) is 12.4 Å². The molecule has 0 bridgehead atoms. The van der Waals surface area contributed by atoms with Crippen LogP contribution in [0.4, 0.5) is 0 Å². The first kappa shape index (κ1) is 28.4. The number of nitrogens with one attached hydrogen (secondary N) is 4. The Morgan fingerprint density at radius 2 is 1.79 bits per heavy atom. The number of imidazole rings is 1. The summed E-state index contributed by atoms with van der Waals surface area (Å²) in [6.45, 7) is 2.00. The number of aliphatic carboxylic acids is 1. The van der Waals surface area contributed by atoms with Gasteiger partial charge in [0.2, 0.25) is 17.7 Å². The highest BCUT2D eigenvalue weighted by Crippen LogP contribution is 2.05. The maximum atomic E-state index is 12.8. The Morgan fingerprint density at radius 1 is 1.09 bits per heavy atom. The van der Waals surface area contributed by atoms with Gasteiger partial charge >= 0.3 is 5.97 Å². The van der Waals surface area contributed by atoms with Crippen molar-refractivity contribution in [3.8, 4) is 0 Å². The molecule has 13 heteroatoms. The van der Waals surface area contributed by atoms with E-state index in [1.165, 1.54) is 31.2 Å². The van der Waals surface area contributed by atoms with Crippen LogP contribution >= 0.6 is 11.8 Å². The lowest BCUT2D eigenvalue weighted by atomic mass is 10.1. The Labute approximate surface area is 197 Å². The minimum Gasteiger partial charge on any atom is -0.480 e. The number of carboxylic acids is 1. The summed E-state index contributed by atoms with van der Waals surface area (Å²) in [7, 11) is 0. The molecular weight excluding hydrogens is 450 g/mol. The number of aromatic amines is 1. The number of hydrogen-bond donors (Lipinski definition) is 7. The molecule has 3 amide bonds. The highest BCUT2D eigenvalue weighted by molar-refractivity contribution is 7.98. The van der Waals surface area contributed by atoms with Crippen LogP contribution in [0.25, 0.3) is 0 Å². The lowest BCUT2D eigenvalue weighted by molar-refractivity contribution is -0.142. The van der Waals surface area contributed by atoms with Crippen molar-refractivity contribution in [2.24, 2.45) is 11.5 Å². The molecule has 1 aromatic rings. The predicted molar refractivity (Wildman–Crippen MR) is 125 cm³/mol. The van der Waals surface area contributed by atoms with Crippen LogP contribution in [-0.4, -0.2) is 81.5 Å². The molecule has 0 spiro atoms. The highest BCUT2D eigenvalue weighted by atomic mass is 32.2. The van der Waals surface area contributed by atoms with E-state index >= 15 is 0 Å². The number of carboxylic acid groups (broad SMARTS) is 1. The summed E-state index contributed by atoms with van der Waals surface area (Å²) in [4.78, 5) is 55.8. The zero-order valence-corrected chi connectivity index (χ0v) is 19.8. The van der Waals surface area contributed by atoms with Crippen molar-refractivity contribution >= 4 is 35.5 Å². The summed E-state index contributed by atoms with van der Waals surface area (Å²) in [5.41, 5.74) is 11.8. The topological polar surface area (TPSA) is 205 Å². The zero-order chi connectivity index (χ0) is 24.8. The van der Waals surface area contributed by atoms with Crippen LogP contribution in [0.1, 0.15) is 38.3 Å². The predicted octanol–water partition coefficient (Wildman–Crippen LogP) is -1.28. The Hall–Kier alpha value is -2.64. The Kier molecular flexibility index (Phi) is 13.1. The highest BCUT2D eigenvalue weighted by Gasteiger charge is 2.29. The van der Waals surface area contributed by atoms with Gasteiger partial charge in [-0.2, -0.15) is 11.8 Å². The summed E-state index contributed by atoms with van der Waals surface area (Å²) < 4.78 is 0. The van der Waals surface area contributed by atoms with Gasteiger partial charge in [0, 0.05) is 18.3 Å². The summed E-state index contributed by atoms with van der Waals surface area (Å²) in [5, 5.41) is 17.1. The van der Waals surface area contributed by atoms with E-state index in [4.69, 9.17) is 11.5 Å². The minimum atomic E-state index is -1.21. The summed E-state index contributed by atoms with van der Waals surface area (Å²) >= 11 is 1.48. The molecule has 33 heavy (non-hydrogen) atoms. The molecule has 4 atom stereocenters. The van der Waals surface area contributed by atoms with E-state index < -0.39 is 47.9 Å². The van der Waals surface area contributed by atoms with Crippen molar-refractivity contribution in [2.45, 2.75) is 63.2 Å². The molecule has 1 aromatic heterocycles. The number of hydrogen-bond acceptors (Lipinski definition) is 8. The van der Waals surface area contributed by atoms with Crippen LogP contribution in [0, 0.1) is 0 Å². The molecule has 0 fully saturated rings. The average Bonchev–Trinajstić information content (AvgIpc) is 3.28. The third kappa shape index (κ3) is 10.7. The lowest BCUT2D eigenvalue weighted by Gasteiger charge is -2.23. The van der Waals surface area contributed by atoms with Gasteiger partial charge in [0.25, 0.3) is 0 Å². The average molecular weight is 486 g/mol. The van der Waals surface area contributed by atoms with Crippen molar-refractivity contribution < 1.29 is 24.3 Å². The van der Waals surface area contributed by atoms with E-state index in [0.717, 1.165) is 6.42 Å². The van der Waals surface area contributed by atoms with Gasteiger partial charge in [-0.15, -0.1) is 0 Å². The molecule has 0 saturated carbocycles. The summed E-state index contributed by atoms with van der Waals surface area (Å²) in [6, 6.07) is -3.86. The number of carbonyl (C=O) groups is 4. The molecule has 0 aliphatic rings. The van der Waals surface area contributed by atoms with Crippen LogP contribution in [0.5, 0.6) is 0 Å². The Balaban J connectivity index is 2.71. The van der Waals surface area contributed by atoms with E-state index in [1.807, 2.05) is 6.26 Å². The van der Waals surface area contributed by atoms with Crippen molar-refractivity contribution in [1.29, 1.82) is 0 Å². The van der Waals surface area contributed by atoms with Gasteiger partial charge in [-0.25, -0.2) is 9.78 Å². The van der Waals surface area contributed by atoms with Gasteiger partial charge < -0.3 is 37.5 Å². The molecule has 186 valence electrons. The molecule has 0 saturated heterocycles. The van der Waals surface area contributed by atoms with Crippen molar-refractivity contribution in [2.75, 3.05) is 18.6 Å². The Bertz CT molecular complexity index is 762. The zero-order valence-electron chi connectivity index (χ0n) is 19.0. The van der Waals surface area contributed by atoms with Gasteiger partial charge in [-0.3, -0.25) is 14.4 Å². The van der Waals surface area contributed by atoms with Gasteiger partial charge in [-0.05, 0) is 44.7 Å². The first-order valence-electron chi connectivity index (χ1n) is 10.7. The fourth-order valence-corrected chi connectivity index (χ4v) is 3.39. The standard InChI is InChI=1S/C20H35N7O5S/c1-12(25-18(29)14(22)5-3-4-7-21)17(28)26-15(6-8-33-2)19(30)27-16(20(31)32)9-13-10-23-11-24-13/h10-12,14-16H,3-9,21-22H2,1-2H3,(H,23,24)(H,25,29)(H,26,28)(H,27,30)(H,31,32). The van der Waals surface area contributed by atoms with E-state index in [0.29, 0.717) is 30.8 Å². The summed E-state index contributed by atoms with van der Waals surface area (Å²) in [5.74, 6) is -2.31. The number of nitrogens with two attached hydrogens (primary N) is 2. The van der Waals surface area contributed by atoms with Crippen LogP contribution in [0.2, 0.25) is 0 Å². The second-order valence-electron chi connectivity index (χ2n) is 7.64. The minimum absolute atomic E-state index is 0.0127. The maximum absolute atomic E-state index is 12.8. The van der Waals surface area contributed by atoms with Crippen LogP contribution in [0.3, 0.4) is 0 Å². The van der Waals surface area contributed by atoms with E-state index in [1.54, 1.807) is 0 Å². The maximum Gasteiger partial charge on any atom is 0.326 e. The van der Waals surface area contributed by atoms with Crippen LogP contribution < -0.4 is 27.4 Å². The molecule has 0 radical (unpaired) electrons. The number of unbranched alkanes of at least 4 members (excludes halogenated alkanes) is 1. The number of carbonyl (C=O) groups excluding carboxylic acids is 3. The van der Waals surface area contributed by atoms with Crippen molar-refractivity contribution in [3.05, 3.63) is 18.2 Å². The number of thioether (sulfide) groups is 1. The summed E-state index contributed by atoms with van der Waals surface area (Å²) in [6.07, 6.45) is 6.94. The molecule has 4 unspecified atom stereocenters. The fourth-order valence-electron chi connectivity index (χ4n) is 2.92.